The van der Waals surface area contributed by atoms with Crippen molar-refractivity contribution >= 4 is 17.2 Å². The summed E-state index contributed by atoms with van der Waals surface area (Å²) in [7, 11) is 0. The van der Waals surface area contributed by atoms with Crippen LogP contribution in [0, 0.1) is 0 Å². The van der Waals surface area contributed by atoms with Crippen molar-refractivity contribution < 1.29 is 4.79 Å². The van der Waals surface area contributed by atoms with E-state index in [1.54, 1.807) is 11.3 Å². The number of thiophene rings is 1. The Morgan fingerprint density at radius 2 is 2.05 bits per heavy atom. The summed E-state index contributed by atoms with van der Waals surface area (Å²) in [4.78, 5) is 15.6. The van der Waals surface area contributed by atoms with E-state index in [1.165, 1.54) is 11.1 Å². The fourth-order valence-corrected chi connectivity index (χ4v) is 3.37. The Hall–Kier alpha value is -1.61. The zero-order chi connectivity index (χ0) is 13.2. The van der Waals surface area contributed by atoms with Gasteiger partial charge in [-0.3, -0.25) is 4.79 Å². The van der Waals surface area contributed by atoms with Gasteiger partial charge in [-0.1, -0.05) is 30.3 Å². The molecule has 0 spiro atoms. The van der Waals surface area contributed by atoms with Gasteiger partial charge in [-0.05, 0) is 35.9 Å². The highest BCUT2D eigenvalue weighted by Crippen LogP contribution is 2.24. The molecule has 1 aromatic heterocycles. The van der Waals surface area contributed by atoms with Gasteiger partial charge < -0.3 is 4.90 Å². The first-order chi connectivity index (χ1) is 9.24. The fraction of sp³-hybridized carbons (Fsp3) is 0.312. The average molecular weight is 271 g/mol. The van der Waals surface area contributed by atoms with Crippen LogP contribution in [0.1, 0.15) is 22.9 Å². The summed E-state index contributed by atoms with van der Waals surface area (Å²) in [6.07, 6.45) is 1.50. The minimum atomic E-state index is 0.240. The zero-order valence-electron chi connectivity index (χ0n) is 11.0. The van der Waals surface area contributed by atoms with Crippen LogP contribution >= 0.6 is 11.3 Å². The van der Waals surface area contributed by atoms with Crippen molar-refractivity contribution in [3.63, 3.8) is 0 Å². The molecule has 1 unspecified atom stereocenters. The lowest BCUT2D eigenvalue weighted by Gasteiger charge is -2.35. The Bertz CT molecular complexity index is 576. The second-order valence-corrected chi connectivity index (χ2v) is 6.13. The topological polar surface area (TPSA) is 20.3 Å². The number of fused-ring (bicyclic) bond motifs is 1. The molecule has 0 aliphatic carbocycles. The van der Waals surface area contributed by atoms with Crippen molar-refractivity contribution in [1.82, 2.24) is 4.90 Å². The number of nitrogens with zero attached hydrogens (tertiary/aromatic N) is 1. The molecule has 0 N–H and O–H groups in total. The third-order valence-electron chi connectivity index (χ3n) is 3.73. The predicted molar refractivity (Wildman–Crippen MR) is 78.2 cm³/mol. The van der Waals surface area contributed by atoms with Crippen LogP contribution in [-0.2, 0) is 24.2 Å². The predicted octanol–water partition coefficient (Wildman–Crippen LogP) is 3.26. The number of rotatable bonds is 2. The SMILES string of the molecule is CC1Cc2ccccc2CN1C(=O)Cc1cccs1. The standard InChI is InChI=1S/C16H17NOS/c1-12-9-13-5-2-3-6-14(13)11-17(12)16(18)10-15-7-4-8-19-15/h2-8,12H,9-11H2,1H3. The first-order valence-corrected chi connectivity index (χ1v) is 7.50. The monoisotopic (exact) mass is 271 g/mol. The molecular weight excluding hydrogens is 254 g/mol. The van der Waals surface area contributed by atoms with Gasteiger partial charge in [0.1, 0.15) is 0 Å². The normalized spacial score (nSPS) is 18.2. The molecule has 1 aliphatic rings. The van der Waals surface area contributed by atoms with Crippen LogP contribution in [-0.4, -0.2) is 16.8 Å². The molecule has 2 heterocycles. The Morgan fingerprint density at radius 3 is 2.79 bits per heavy atom. The average Bonchev–Trinajstić information content (AvgIpc) is 2.90. The van der Waals surface area contributed by atoms with Gasteiger partial charge in [-0.25, -0.2) is 0 Å². The highest BCUT2D eigenvalue weighted by molar-refractivity contribution is 7.10. The smallest absolute Gasteiger partial charge is 0.228 e. The lowest BCUT2D eigenvalue weighted by atomic mass is 9.94. The molecule has 1 aliphatic heterocycles. The molecule has 19 heavy (non-hydrogen) atoms. The van der Waals surface area contributed by atoms with Gasteiger partial charge >= 0.3 is 0 Å². The third kappa shape index (κ3) is 2.56. The van der Waals surface area contributed by atoms with Crippen molar-refractivity contribution in [2.45, 2.75) is 32.4 Å². The maximum absolute atomic E-state index is 12.4. The van der Waals surface area contributed by atoms with Crippen molar-refractivity contribution in [2.75, 3.05) is 0 Å². The summed E-state index contributed by atoms with van der Waals surface area (Å²) in [6.45, 7) is 2.89. The van der Waals surface area contributed by atoms with E-state index in [1.807, 2.05) is 22.4 Å². The number of carbonyl (C=O) groups is 1. The van der Waals surface area contributed by atoms with E-state index in [2.05, 4.69) is 31.2 Å². The first kappa shape index (κ1) is 12.4. The van der Waals surface area contributed by atoms with Gasteiger partial charge in [0.25, 0.3) is 0 Å². The molecule has 0 radical (unpaired) electrons. The van der Waals surface area contributed by atoms with Gasteiger partial charge in [0.15, 0.2) is 0 Å². The molecule has 0 fully saturated rings. The molecule has 1 aromatic carbocycles. The van der Waals surface area contributed by atoms with Gasteiger partial charge in [0.05, 0.1) is 6.42 Å². The Balaban J connectivity index is 1.77. The van der Waals surface area contributed by atoms with E-state index in [-0.39, 0.29) is 5.91 Å². The summed E-state index contributed by atoms with van der Waals surface area (Å²) in [5, 5.41) is 2.03. The number of carbonyl (C=O) groups excluding carboxylic acids is 1. The van der Waals surface area contributed by atoms with Crippen molar-refractivity contribution in [2.24, 2.45) is 0 Å². The highest BCUT2D eigenvalue weighted by Gasteiger charge is 2.26. The van der Waals surface area contributed by atoms with Gasteiger partial charge in [0.2, 0.25) is 5.91 Å². The van der Waals surface area contributed by atoms with E-state index >= 15 is 0 Å². The van der Waals surface area contributed by atoms with Crippen LogP contribution in [0.25, 0.3) is 0 Å². The molecule has 0 bridgehead atoms. The van der Waals surface area contributed by atoms with Crippen LogP contribution in [0.2, 0.25) is 0 Å². The van der Waals surface area contributed by atoms with Gasteiger partial charge in [-0.2, -0.15) is 0 Å². The van der Waals surface area contributed by atoms with E-state index in [0.717, 1.165) is 17.8 Å². The molecule has 0 saturated carbocycles. The molecule has 2 nitrogen and oxygen atoms in total. The molecule has 3 heteroatoms. The van der Waals surface area contributed by atoms with Crippen LogP contribution in [0.3, 0.4) is 0 Å². The van der Waals surface area contributed by atoms with E-state index in [9.17, 15) is 4.79 Å². The van der Waals surface area contributed by atoms with E-state index < -0.39 is 0 Å². The van der Waals surface area contributed by atoms with Crippen LogP contribution in [0.4, 0.5) is 0 Å². The largest absolute Gasteiger partial charge is 0.335 e. The lowest BCUT2D eigenvalue weighted by molar-refractivity contribution is -0.133. The minimum absolute atomic E-state index is 0.240. The molecular formula is C16H17NOS. The van der Waals surface area contributed by atoms with E-state index in [4.69, 9.17) is 0 Å². The number of hydrogen-bond acceptors (Lipinski definition) is 2. The molecule has 3 rings (SSSR count). The van der Waals surface area contributed by atoms with Gasteiger partial charge in [0, 0.05) is 17.5 Å². The molecule has 0 saturated heterocycles. The Morgan fingerprint density at radius 1 is 1.26 bits per heavy atom. The van der Waals surface area contributed by atoms with Crippen molar-refractivity contribution in [3.8, 4) is 0 Å². The number of hydrogen-bond donors (Lipinski definition) is 0. The Kier molecular flexibility index (Phi) is 3.38. The number of amides is 1. The van der Waals surface area contributed by atoms with Crippen LogP contribution in [0.15, 0.2) is 41.8 Å². The van der Waals surface area contributed by atoms with Crippen LogP contribution in [0.5, 0.6) is 0 Å². The van der Waals surface area contributed by atoms with Crippen LogP contribution < -0.4 is 0 Å². The summed E-state index contributed by atoms with van der Waals surface area (Å²) < 4.78 is 0. The minimum Gasteiger partial charge on any atom is -0.335 e. The Labute approximate surface area is 117 Å². The summed E-state index contributed by atoms with van der Waals surface area (Å²) >= 11 is 1.65. The third-order valence-corrected chi connectivity index (χ3v) is 4.61. The lowest BCUT2D eigenvalue weighted by Crippen LogP contribution is -2.43. The fourth-order valence-electron chi connectivity index (χ4n) is 2.68. The van der Waals surface area contributed by atoms with Crippen molar-refractivity contribution in [3.05, 3.63) is 57.8 Å². The van der Waals surface area contributed by atoms with Crippen molar-refractivity contribution in [1.29, 1.82) is 0 Å². The zero-order valence-corrected chi connectivity index (χ0v) is 11.8. The first-order valence-electron chi connectivity index (χ1n) is 6.62. The van der Waals surface area contributed by atoms with Gasteiger partial charge in [-0.15, -0.1) is 11.3 Å². The molecule has 98 valence electrons. The summed E-state index contributed by atoms with van der Waals surface area (Å²) in [5.41, 5.74) is 2.68. The molecule has 1 atom stereocenters. The second-order valence-electron chi connectivity index (χ2n) is 5.10. The highest BCUT2D eigenvalue weighted by atomic mass is 32.1. The quantitative estimate of drug-likeness (QED) is 0.821. The summed E-state index contributed by atoms with van der Waals surface area (Å²) in [6, 6.07) is 12.8. The summed E-state index contributed by atoms with van der Waals surface area (Å²) in [5.74, 6) is 0.240. The molecule has 1 amide bonds. The van der Waals surface area contributed by atoms with E-state index in [0.29, 0.717) is 12.5 Å². The molecule has 2 aromatic rings. The maximum atomic E-state index is 12.4. The second kappa shape index (κ2) is 5.17. The maximum Gasteiger partial charge on any atom is 0.228 e. The number of benzene rings is 1.